The number of nitrogens with zero attached hydrogens (tertiary/aromatic N) is 1. The average Bonchev–Trinajstić information content (AvgIpc) is 2.29. The van der Waals surface area contributed by atoms with Crippen molar-refractivity contribution in [2.45, 2.75) is 6.92 Å². The van der Waals surface area contributed by atoms with E-state index in [1.165, 1.54) is 5.56 Å². The molecule has 0 aliphatic heterocycles. The number of nitrogens with one attached hydrogen (secondary N) is 1. The van der Waals surface area contributed by atoms with Crippen molar-refractivity contribution in [1.29, 1.82) is 0 Å². The summed E-state index contributed by atoms with van der Waals surface area (Å²) in [6, 6.07) is 4.03. The summed E-state index contributed by atoms with van der Waals surface area (Å²) in [5.41, 5.74) is 3.02. The van der Waals surface area contributed by atoms with Crippen LogP contribution in [0.5, 0.6) is 0 Å². The van der Waals surface area contributed by atoms with Gasteiger partial charge in [-0.2, -0.15) is 0 Å². The molecular weight excluding hydrogens is 239 g/mol. The zero-order valence-electron chi connectivity index (χ0n) is 6.36. The molecule has 1 aromatic heterocycles. The Balaban J connectivity index is 2.88. The van der Waals surface area contributed by atoms with Crippen LogP contribution in [0, 0.1) is 6.92 Å². The minimum atomic E-state index is 0.427. The molecule has 12 heavy (non-hydrogen) atoms. The largest absolute Gasteiger partial charge is 0.329 e. The quantitative estimate of drug-likeness (QED) is 0.758. The monoisotopic (exact) mass is 244 g/mol. The standard InChI is InChI=1S/C8H6BrClN2/c1-4-2-5(9)7-6(3-4)11-8(10)12-7/h2-3H,1H3,(H,11,12). The summed E-state index contributed by atoms with van der Waals surface area (Å²) in [6.07, 6.45) is 0. The van der Waals surface area contributed by atoms with E-state index < -0.39 is 0 Å². The van der Waals surface area contributed by atoms with E-state index in [1.54, 1.807) is 0 Å². The van der Waals surface area contributed by atoms with Crippen molar-refractivity contribution in [3.63, 3.8) is 0 Å². The zero-order chi connectivity index (χ0) is 8.72. The first-order valence-electron chi connectivity index (χ1n) is 3.48. The molecule has 0 unspecified atom stereocenters. The van der Waals surface area contributed by atoms with Crippen LogP contribution in [-0.4, -0.2) is 9.97 Å². The van der Waals surface area contributed by atoms with Crippen LogP contribution in [0.15, 0.2) is 16.6 Å². The summed E-state index contributed by atoms with van der Waals surface area (Å²) < 4.78 is 0.973. The molecule has 2 rings (SSSR count). The SMILES string of the molecule is Cc1cc(Br)c2nc(Cl)[nH]c2c1. The molecule has 1 N–H and O–H groups in total. The third-order valence-electron chi connectivity index (χ3n) is 1.66. The highest BCUT2D eigenvalue weighted by Gasteiger charge is 2.04. The Labute approximate surface area is 83.1 Å². The van der Waals surface area contributed by atoms with Gasteiger partial charge in [0.05, 0.1) is 5.52 Å². The minimum absolute atomic E-state index is 0.427. The number of aromatic amines is 1. The molecule has 0 spiro atoms. The summed E-state index contributed by atoms with van der Waals surface area (Å²) >= 11 is 9.14. The van der Waals surface area contributed by atoms with Gasteiger partial charge in [-0.25, -0.2) is 4.98 Å². The normalized spacial score (nSPS) is 10.9. The van der Waals surface area contributed by atoms with E-state index in [9.17, 15) is 0 Å². The lowest BCUT2D eigenvalue weighted by molar-refractivity contribution is 1.34. The van der Waals surface area contributed by atoms with Crippen LogP contribution in [0.1, 0.15) is 5.56 Å². The second-order valence-corrected chi connectivity index (χ2v) is 3.88. The van der Waals surface area contributed by atoms with Crippen LogP contribution >= 0.6 is 27.5 Å². The van der Waals surface area contributed by atoms with Crippen molar-refractivity contribution in [2.24, 2.45) is 0 Å². The highest BCUT2D eigenvalue weighted by Crippen LogP contribution is 2.24. The van der Waals surface area contributed by atoms with E-state index in [-0.39, 0.29) is 0 Å². The molecule has 0 bridgehead atoms. The third-order valence-corrected chi connectivity index (χ3v) is 2.44. The molecule has 62 valence electrons. The van der Waals surface area contributed by atoms with E-state index in [1.807, 2.05) is 19.1 Å². The summed E-state index contributed by atoms with van der Waals surface area (Å²) in [4.78, 5) is 7.08. The first-order valence-corrected chi connectivity index (χ1v) is 4.65. The Kier molecular flexibility index (Phi) is 1.85. The maximum Gasteiger partial charge on any atom is 0.201 e. The van der Waals surface area contributed by atoms with Crippen LogP contribution in [-0.2, 0) is 0 Å². The molecule has 4 heteroatoms. The van der Waals surface area contributed by atoms with Gasteiger partial charge in [0, 0.05) is 4.47 Å². The predicted molar refractivity (Wildman–Crippen MR) is 53.5 cm³/mol. The van der Waals surface area contributed by atoms with Crippen LogP contribution in [0.3, 0.4) is 0 Å². The van der Waals surface area contributed by atoms with Gasteiger partial charge in [-0.05, 0) is 52.2 Å². The van der Waals surface area contributed by atoms with Gasteiger partial charge < -0.3 is 4.98 Å². The molecular formula is C8H6BrClN2. The molecule has 0 radical (unpaired) electrons. The molecule has 0 aliphatic carbocycles. The van der Waals surface area contributed by atoms with Crippen molar-refractivity contribution >= 4 is 38.6 Å². The molecule has 0 amide bonds. The summed E-state index contributed by atoms with van der Waals surface area (Å²) in [7, 11) is 0. The maximum absolute atomic E-state index is 5.72. The zero-order valence-corrected chi connectivity index (χ0v) is 8.70. The van der Waals surface area contributed by atoms with Gasteiger partial charge in [-0.1, -0.05) is 0 Å². The van der Waals surface area contributed by atoms with Gasteiger partial charge in [-0.3, -0.25) is 0 Å². The third kappa shape index (κ3) is 1.23. The van der Waals surface area contributed by atoms with Gasteiger partial charge in [0.1, 0.15) is 5.52 Å². The first-order chi connectivity index (χ1) is 5.66. The van der Waals surface area contributed by atoms with Crippen molar-refractivity contribution < 1.29 is 0 Å². The van der Waals surface area contributed by atoms with E-state index in [2.05, 4.69) is 25.9 Å². The smallest absolute Gasteiger partial charge is 0.201 e. The fourth-order valence-electron chi connectivity index (χ4n) is 1.18. The molecule has 1 heterocycles. The lowest BCUT2D eigenvalue weighted by Gasteiger charge is -1.94. The number of aromatic nitrogens is 2. The van der Waals surface area contributed by atoms with E-state index in [4.69, 9.17) is 11.6 Å². The Bertz CT molecular complexity index is 436. The van der Waals surface area contributed by atoms with Gasteiger partial charge in [0.25, 0.3) is 0 Å². The highest BCUT2D eigenvalue weighted by atomic mass is 79.9. The number of hydrogen-bond donors (Lipinski definition) is 1. The fourth-order valence-corrected chi connectivity index (χ4v) is 2.03. The van der Waals surface area contributed by atoms with Gasteiger partial charge >= 0.3 is 0 Å². The number of aryl methyl sites for hydroxylation is 1. The lowest BCUT2D eigenvalue weighted by atomic mass is 10.2. The Morgan fingerprint density at radius 1 is 1.50 bits per heavy atom. The predicted octanol–water partition coefficient (Wildman–Crippen LogP) is 3.29. The van der Waals surface area contributed by atoms with E-state index in [0.717, 1.165) is 15.5 Å². The number of benzene rings is 1. The number of rotatable bonds is 0. The molecule has 2 aromatic rings. The molecule has 1 aromatic carbocycles. The fraction of sp³-hybridized carbons (Fsp3) is 0.125. The molecule has 0 fully saturated rings. The average molecular weight is 246 g/mol. The Morgan fingerprint density at radius 3 is 3.00 bits per heavy atom. The summed E-state index contributed by atoms with van der Waals surface area (Å²) in [5, 5.41) is 0.427. The van der Waals surface area contributed by atoms with Crippen molar-refractivity contribution in [3.05, 3.63) is 27.5 Å². The van der Waals surface area contributed by atoms with Gasteiger partial charge in [-0.15, -0.1) is 0 Å². The molecule has 0 saturated heterocycles. The van der Waals surface area contributed by atoms with E-state index >= 15 is 0 Å². The summed E-state index contributed by atoms with van der Waals surface area (Å²) in [6.45, 7) is 2.03. The lowest BCUT2D eigenvalue weighted by Crippen LogP contribution is -1.75. The number of imidazole rings is 1. The Morgan fingerprint density at radius 2 is 2.25 bits per heavy atom. The Hall–Kier alpha value is -0.540. The molecule has 2 nitrogen and oxygen atoms in total. The van der Waals surface area contributed by atoms with Crippen LogP contribution in [0.25, 0.3) is 11.0 Å². The number of H-pyrrole nitrogens is 1. The van der Waals surface area contributed by atoms with Crippen molar-refractivity contribution in [1.82, 2.24) is 9.97 Å². The van der Waals surface area contributed by atoms with Gasteiger partial charge in [0.2, 0.25) is 5.28 Å². The first kappa shape index (κ1) is 8.08. The van der Waals surface area contributed by atoms with Crippen molar-refractivity contribution in [2.75, 3.05) is 0 Å². The van der Waals surface area contributed by atoms with Crippen LogP contribution in [0.4, 0.5) is 0 Å². The second kappa shape index (κ2) is 2.75. The van der Waals surface area contributed by atoms with Crippen LogP contribution in [0.2, 0.25) is 5.28 Å². The highest BCUT2D eigenvalue weighted by molar-refractivity contribution is 9.10. The van der Waals surface area contributed by atoms with Crippen LogP contribution < -0.4 is 0 Å². The maximum atomic E-state index is 5.72. The van der Waals surface area contributed by atoms with Crippen molar-refractivity contribution in [3.8, 4) is 0 Å². The molecule has 0 aliphatic rings. The number of fused-ring (bicyclic) bond motifs is 1. The minimum Gasteiger partial charge on any atom is -0.329 e. The van der Waals surface area contributed by atoms with Gasteiger partial charge in [0.15, 0.2) is 0 Å². The van der Waals surface area contributed by atoms with E-state index in [0.29, 0.717) is 5.28 Å². The summed E-state index contributed by atoms with van der Waals surface area (Å²) in [5.74, 6) is 0. The topological polar surface area (TPSA) is 28.7 Å². The molecule has 0 saturated carbocycles. The second-order valence-electron chi connectivity index (χ2n) is 2.67. The number of halogens is 2. The number of hydrogen-bond acceptors (Lipinski definition) is 1. The molecule has 0 atom stereocenters.